The standard InChI is InChI=1S/C12H17NO/c14-12-7-5-6-11(10-12)13-8-3-1-2-4-9-13/h5-7,10,14H,1-4,8-9H2. The Morgan fingerprint density at radius 3 is 2.36 bits per heavy atom. The minimum absolute atomic E-state index is 0.367. The molecule has 1 aliphatic rings. The van der Waals surface area contributed by atoms with Crippen LogP contribution in [0.15, 0.2) is 24.3 Å². The Kier molecular flexibility index (Phi) is 2.92. The number of anilines is 1. The number of aromatic hydroxyl groups is 1. The van der Waals surface area contributed by atoms with E-state index in [9.17, 15) is 5.11 Å². The van der Waals surface area contributed by atoms with E-state index >= 15 is 0 Å². The molecule has 0 aliphatic carbocycles. The van der Waals surface area contributed by atoms with E-state index in [4.69, 9.17) is 0 Å². The van der Waals surface area contributed by atoms with E-state index in [0.717, 1.165) is 18.8 Å². The van der Waals surface area contributed by atoms with Crippen molar-refractivity contribution in [2.45, 2.75) is 25.7 Å². The SMILES string of the molecule is Oc1cccc(N2CCCCCC2)c1. The lowest BCUT2D eigenvalue weighted by Crippen LogP contribution is -2.23. The molecule has 2 nitrogen and oxygen atoms in total. The molecule has 0 atom stereocenters. The first-order valence-corrected chi connectivity index (χ1v) is 5.40. The van der Waals surface area contributed by atoms with Crippen LogP contribution in [0.3, 0.4) is 0 Å². The van der Waals surface area contributed by atoms with Crippen molar-refractivity contribution in [1.82, 2.24) is 0 Å². The first-order valence-electron chi connectivity index (χ1n) is 5.40. The highest BCUT2D eigenvalue weighted by atomic mass is 16.3. The highest BCUT2D eigenvalue weighted by Gasteiger charge is 2.09. The van der Waals surface area contributed by atoms with Crippen molar-refractivity contribution in [1.29, 1.82) is 0 Å². The van der Waals surface area contributed by atoms with Gasteiger partial charge in [0, 0.05) is 24.8 Å². The van der Waals surface area contributed by atoms with E-state index in [1.54, 1.807) is 6.07 Å². The van der Waals surface area contributed by atoms with E-state index in [1.165, 1.54) is 25.7 Å². The number of hydrogen-bond donors (Lipinski definition) is 1. The van der Waals surface area contributed by atoms with Crippen molar-refractivity contribution in [2.75, 3.05) is 18.0 Å². The number of phenols is 1. The van der Waals surface area contributed by atoms with Gasteiger partial charge < -0.3 is 10.0 Å². The molecule has 0 spiro atoms. The maximum Gasteiger partial charge on any atom is 0.117 e. The van der Waals surface area contributed by atoms with Crippen LogP contribution in [0.1, 0.15) is 25.7 Å². The number of benzene rings is 1. The maximum absolute atomic E-state index is 9.39. The molecule has 1 aromatic rings. The summed E-state index contributed by atoms with van der Waals surface area (Å²) in [4.78, 5) is 2.37. The van der Waals surface area contributed by atoms with Crippen LogP contribution in [0, 0.1) is 0 Å². The number of rotatable bonds is 1. The molecule has 0 saturated carbocycles. The van der Waals surface area contributed by atoms with E-state index in [2.05, 4.69) is 11.0 Å². The van der Waals surface area contributed by atoms with Crippen molar-refractivity contribution >= 4 is 5.69 Å². The molecule has 0 aromatic heterocycles. The van der Waals surface area contributed by atoms with Gasteiger partial charge in [-0.1, -0.05) is 18.9 Å². The Bertz CT molecular complexity index is 290. The average Bonchev–Trinajstić information content (AvgIpc) is 2.45. The molecular weight excluding hydrogens is 174 g/mol. The van der Waals surface area contributed by atoms with Crippen molar-refractivity contribution in [3.63, 3.8) is 0 Å². The van der Waals surface area contributed by atoms with E-state index in [-0.39, 0.29) is 0 Å². The monoisotopic (exact) mass is 191 g/mol. The lowest BCUT2D eigenvalue weighted by molar-refractivity contribution is 0.475. The second-order valence-corrected chi connectivity index (χ2v) is 3.92. The summed E-state index contributed by atoms with van der Waals surface area (Å²) in [5.41, 5.74) is 1.16. The van der Waals surface area contributed by atoms with Gasteiger partial charge in [0.2, 0.25) is 0 Å². The Hall–Kier alpha value is -1.18. The summed E-state index contributed by atoms with van der Waals surface area (Å²) in [6.07, 6.45) is 5.23. The normalized spacial score (nSPS) is 17.9. The van der Waals surface area contributed by atoms with E-state index in [1.807, 2.05) is 12.1 Å². The fraction of sp³-hybridized carbons (Fsp3) is 0.500. The van der Waals surface area contributed by atoms with Gasteiger partial charge in [-0.15, -0.1) is 0 Å². The predicted molar refractivity (Wildman–Crippen MR) is 58.8 cm³/mol. The van der Waals surface area contributed by atoms with Gasteiger partial charge in [-0.25, -0.2) is 0 Å². The molecule has 0 radical (unpaired) electrons. The molecule has 1 saturated heterocycles. The summed E-state index contributed by atoms with van der Waals surface area (Å²) in [7, 11) is 0. The molecule has 0 amide bonds. The minimum atomic E-state index is 0.367. The number of hydrogen-bond acceptors (Lipinski definition) is 2. The molecule has 1 N–H and O–H groups in total. The van der Waals surface area contributed by atoms with Gasteiger partial charge >= 0.3 is 0 Å². The van der Waals surface area contributed by atoms with Crippen LogP contribution in [0.5, 0.6) is 5.75 Å². The molecule has 0 unspecified atom stereocenters. The molecule has 1 aromatic carbocycles. The molecule has 2 rings (SSSR count). The van der Waals surface area contributed by atoms with Crippen LogP contribution < -0.4 is 4.90 Å². The predicted octanol–water partition coefficient (Wildman–Crippen LogP) is 2.77. The Balaban J connectivity index is 2.12. The zero-order valence-corrected chi connectivity index (χ0v) is 8.45. The highest BCUT2D eigenvalue weighted by molar-refractivity contribution is 5.50. The Labute approximate surface area is 85.2 Å². The lowest BCUT2D eigenvalue weighted by Gasteiger charge is -2.22. The molecule has 14 heavy (non-hydrogen) atoms. The third-order valence-corrected chi connectivity index (χ3v) is 2.80. The zero-order valence-electron chi connectivity index (χ0n) is 8.45. The summed E-state index contributed by atoms with van der Waals surface area (Å²) in [5.74, 6) is 0.367. The van der Waals surface area contributed by atoms with Crippen LogP contribution in [-0.2, 0) is 0 Å². The third kappa shape index (κ3) is 2.19. The molecular formula is C12H17NO. The fourth-order valence-corrected chi connectivity index (χ4v) is 2.02. The zero-order chi connectivity index (χ0) is 9.80. The van der Waals surface area contributed by atoms with Gasteiger partial charge in [0.1, 0.15) is 5.75 Å². The summed E-state index contributed by atoms with van der Waals surface area (Å²) in [5, 5.41) is 9.39. The van der Waals surface area contributed by atoms with Crippen LogP contribution in [0.25, 0.3) is 0 Å². The van der Waals surface area contributed by atoms with E-state index < -0.39 is 0 Å². The molecule has 0 bridgehead atoms. The molecule has 2 heteroatoms. The highest BCUT2D eigenvalue weighted by Crippen LogP contribution is 2.22. The molecule has 1 fully saturated rings. The van der Waals surface area contributed by atoms with Gasteiger partial charge in [0.25, 0.3) is 0 Å². The Morgan fingerprint density at radius 1 is 1.00 bits per heavy atom. The van der Waals surface area contributed by atoms with Gasteiger partial charge in [0.15, 0.2) is 0 Å². The summed E-state index contributed by atoms with van der Waals surface area (Å²) in [6.45, 7) is 2.26. The minimum Gasteiger partial charge on any atom is -0.508 e. The second-order valence-electron chi connectivity index (χ2n) is 3.92. The summed E-state index contributed by atoms with van der Waals surface area (Å²) < 4.78 is 0. The van der Waals surface area contributed by atoms with Crippen LogP contribution >= 0.6 is 0 Å². The third-order valence-electron chi connectivity index (χ3n) is 2.80. The van der Waals surface area contributed by atoms with Crippen LogP contribution in [0.4, 0.5) is 5.69 Å². The number of phenolic OH excluding ortho intramolecular Hbond substituents is 1. The quantitative estimate of drug-likeness (QED) is 0.737. The lowest BCUT2D eigenvalue weighted by atomic mass is 10.2. The summed E-state index contributed by atoms with van der Waals surface area (Å²) in [6, 6.07) is 7.56. The fourth-order valence-electron chi connectivity index (χ4n) is 2.02. The van der Waals surface area contributed by atoms with Crippen LogP contribution in [-0.4, -0.2) is 18.2 Å². The van der Waals surface area contributed by atoms with Gasteiger partial charge in [-0.05, 0) is 25.0 Å². The second kappa shape index (κ2) is 4.36. The topological polar surface area (TPSA) is 23.5 Å². The maximum atomic E-state index is 9.39. The summed E-state index contributed by atoms with van der Waals surface area (Å²) >= 11 is 0. The van der Waals surface area contributed by atoms with Crippen molar-refractivity contribution in [3.05, 3.63) is 24.3 Å². The van der Waals surface area contributed by atoms with Crippen molar-refractivity contribution in [2.24, 2.45) is 0 Å². The van der Waals surface area contributed by atoms with Crippen molar-refractivity contribution in [3.8, 4) is 5.75 Å². The van der Waals surface area contributed by atoms with Gasteiger partial charge in [-0.2, -0.15) is 0 Å². The van der Waals surface area contributed by atoms with Gasteiger partial charge in [-0.3, -0.25) is 0 Å². The Morgan fingerprint density at radius 2 is 1.71 bits per heavy atom. The molecule has 1 heterocycles. The van der Waals surface area contributed by atoms with E-state index in [0.29, 0.717) is 5.75 Å². The largest absolute Gasteiger partial charge is 0.508 e. The first-order chi connectivity index (χ1) is 6.86. The van der Waals surface area contributed by atoms with Crippen molar-refractivity contribution < 1.29 is 5.11 Å². The average molecular weight is 191 g/mol. The first kappa shape index (κ1) is 9.38. The molecule has 1 aliphatic heterocycles. The van der Waals surface area contributed by atoms with Crippen LogP contribution in [0.2, 0.25) is 0 Å². The molecule has 76 valence electrons. The van der Waals surface area contributed by atoms with Gasteiger partial charge in [0.05, 0.1) is 0 Å². The number of nitrogens with zero attached hydrogens (tertiary/aromatic N) is 1. The smallest absolute Gasteiger partial charge is 0.117 e.